The molecule has 0 unspecified atom stereocenters. The topological polar surface area (TPSA) is 64.2 Å². The van der Waals surface area contributed by atoms with Crippen LogP contribution in [0, 0.1) is 0 Å². The van der Waals surface area contributed by atoms with Crippen LogP contribution >= 0.6 is 23.2 Å². The van der Waals surface area contributed by atoms with E-state index in [0.29, 0.717) is 32.5 Å². The average molecular weight is 377 g/mol. The van der Waals surface area contributed by atoms with E-state index in [9.17, 15) is 4.79 Å². The summed E-state index contributed by atoms with van der Waals surface area (Å²) in [6.07, 6.45) is 1.68. The molecule has 0 amide bonds. The molecule has 0 aliphatic heterocycles. The molecule has 1 heterocycles. The fourth-order valence-corrected chi connectivity index (χ4v) is 2.77. The van der Waals surface area contributed by atoms with E-state index in [1.54, 1.807) is 50.6 Å². The van der Waals surface area contributed by atoms with E-state index < -0.39 is 0 Å². The molecule has 0 fully saturated rings. The number of hydrogen-bond donors (Lipinski definition) is 1. The Kier molecular flexibility index (Phi) is 4.97. The average Bonchev–Trinajstić information content (AvgIpc) is 2.62. The number of halogens is 2. The van der Waals surface area contributed by atoms with E-state index in [4.69, 9.17) is 32.7 Å². The second-order valence-corrected chi connectivity index (χ2v) is 6.03. The van der Waals surface area contributed by atoms with Gasteiger partial charge in [-0.1, -0.05) is 29.3 Å². The number of rotatable bonds is 4. The molecular weight excluding hydrogens is 363 g/mol. The van der Waals surface area contributed by atoms with Crippen LogP contribution in [0.1, 0.15) is 11.4 Å². The first-order chi connectivity index (χ1) is 12.0. The van der Waals surface area contributed by atoms with Crippen molar-refractivity contribution in [1.82, 2.24) is 9.97 Å². The third-order valence-electron chi connectivity index (χ3n) is 3.59. The summed E-state index contributed by atoms with van der Waals surface area (Å²) < 4.78 is 10.5. The molecule has 3 rings (SSSR count). The predicted molar refractivity (Wildman–Crippen MR) is 101 cm³/mol. The molecule has 7 heteroatoms. The van der Waals surface area contributed by atoms with Crippen LogP contribution in [0.5, 0.6) is 11.5 Å². The van der Waals surface area contributed by atoms with Crippen molar-refractivity contribution in [3.8, 4) is 11.5 Å². The highest BCUT2D eigenvalue weighted by atomic mass is 35.5. The first-order valence-electron chi connectivity index (χ1n) is 7.31. The van der Waals surface area contributed by atoms with Crippen LogP contribution in [0.2, 0.25) is 5.02 Å². The molecule has 5 nitrogen and oxygen atoms in total. The van der Waals surface area contributed by atoms with Gasteiger partial charge in [-0.2, -0.15) is 0 Å². The van der Waals surface area contributed by atoms with Crippen LogP contribution in [0.3, 0.4) is 0 Å². The lowest BCUT2D eigenvalue weighted by Gasteiger charge is -2.08. The van der Waals surface area contributed by atoms with Crippen molar-refractivity contribution in [3.05, 3.63) is 63.2 Å². The van der Waals surface area contributed by atoms with Gasteiger partial charge in [0.05, 0.1) is 30.2 Å². The summed E-state index contributed by atoms with van der Waals surface area (Å²) in [5, 5.41) is 1.17. The van der Waals surface area contributed by atoms with Crippen LogP contribution in [-0.2, 0) is 0 Å². The zero-order valence-electron chi connectivity index (χ0n) is 13.5. The minimum absolute atomic E-state index is 0.274. The quantitative estimate of drug-likeness (QED) is 0.735. The lowest BCUT2D eigenvalue weighted by molar-refractivity contribution is 0.355. The lowest BCUT2D eigenvalue weighted by Crippen LogP contribution is -2.10. The van der Waals surface area contributed by atoms with Crippen molar-refractivity contribution >= 4 is 45.2 Å². The van der Waals surface area contributed by atoms with Gasteiger partial charge in [-0.25, -0.2) is 4.98 Å². The van der Waals surface area contributed by atoms with Crippen LogP contribution in [0.25, 0.3) is 22.0 Å². The Labute approximate surface area is 153 Å². The number of nitrogens with one attached hydrogen (secondary N) is 1. The van der Waals surface area contributed by atoms with Gasteiger partial charge in [0, 0.05) is 5.02 Å². The van der Waals surface area contributed by atoms with Crippen LogP contribution in [-0.4, -0.2) is 24.2 Å². The van der Waals surface area contributed by atoms with Crippen molar-refractivity contribution < 1.29 is 9.47 Å². The molecule has 0 bridgehead atoms. The molecule has 1 N–H and O–H groups in total. The molecule has 0 saturated carbocycles. The number of H-pyrrole nitrogens is 1. The van der Waals surface area contributed by atoms with E-state index in [1.807, 2.05) is 6.07 Å². The highest BCUT2D eigenvalue weighted by molar-refractivity contribution is 6.50. The Morgan fingerprint density at radius 2 is 1.88 bits per heavy atom. The largest absolute Gasteiger partial charge is 0.493 e. The Hall–Kier alpha value is -2.50. The molecule has 0 saturated heterocycles. The number of ether oxygens (including phenoxy) is 2. The van der Waals surface area contributed by atoms with Crippen molar-refractivity contribution in [2.75, 3.05) is 14.2 Å². The van der Waals surface area contributed by atoms with E-state index >= 15 is 0 Å². The van der Waals surface area contributed by atoms with Gasteiger partial charge in [0.25, 0.3) is 5.56 Å². The number of nitrogens with zero attached hydrogens (tertiary/aromatic N) is 1. The second-order valence-electron chi connectivity index (χ2n) is 5.18. The summed E-state index contributed by atoms with van der Waals surface area (Å²) in [6, 6.07) is 10.3. The molecule has 128 valence electrons. The molecule has 0 aliphatic rings. The fraction of sp³-hybridized carbons (Fsp3) is 0.111. The molecule has 0 aliphatic carbocycles. The zero-order chi connectivity index (χ0) is 18.0. The van der Waals surface area contributed by atoms with E-state index in [-0.39, 0.29) is 11.4 Å². The third kappa shape index (κ3) is 3.62. The maximum absolute atomic E-state index is 12.2. The summed E-state index contributed by atoms with van der Waals surface area (Å²) in [5.41, 5.74) is 0.991. The Morgan fingerprint density at radius 3 is 2.60 bits per heavy atom. The van der Waals surface area contributed by atoms with Crippen molar-refractivity contribution in [1.29, 1.82) is 0 Å². The molecule has 0 radical (unpaired) electrons. The summed E-state index contributed by atoms with van der Waals surface area (Å²) in [7, 11) is 3.12. The molecule has 1 aromatic heterocycles. The molecule has 0 atom stereocenters. The molecule has 2 aromatic carbocycles. The Bertz CT molecular complexity index is 1030. The van der Waals surface area contributed by atoms with Crippen LogP contribution < -0.4 is 15.0 Å². The lowest BCUT2D eigenvalue weighted by atomic mass is 10.2. The number of methoxy groups -OCH3 is 2. The summed E-state index contributed by atoms with van der Waals surface area (Å²) in [5.74, 6) is 1.47. The second kappa shape index (κ2) is 7.17. The highest BCUT2D eigenvalue weighted by Gasteiger charge is 2.09. The normalized spacial score (nSPS) is 11.6. The SMILES string of the molecule is COc1ccc(/C=C(\Cl)c2nc3ccc(Cl)cc3c(=O)[nH]2)cc1OC. The number of aromatic nitrogens is 2. The minimum atomic E-state index is -0.304. The minimum Gasteiger partial charge on any atom is -0.493 e. The van der Waals surface area contributed by atoms with Gasteiger partial charge >= 0.3 is 0 Å². The zero-order valence-corrected chi connectivity index (χ0v) is 15.0. The van der Waals surface area contributed by atoms with Crippen molar-refractivity contribution in [2.45, 2.75) is 0 Å². The smallest absolute Gasteiger partial charge is 0.259 e. The monoisotopic (exact) mass is 376 g/mol. The standard InChI is InChI=1S/C18H14Cl2N2O3/c1-24-15-6-3-10(8-16(15)25-2)7-13(20)17-21-14-5-4-11(19)9-12(14)18(23)22-17/h3-9H,1-2H3,(H,21,22,23)/b13-7-. The van der Waals surface area contributed by atoms with Gasteiger partial charge < -0.3 is 14.5 Å². The van der Waals surface area contributed by atoms with Crippen molar-refractivity contribution in [3.63, 3.8) is 0 Å². The maximum atomic E-state index is 12.2. The number of aromatic amines is 1. The Balaban J connectivity index is 2.04. The number of benzene rings is 2. The molecule has 0 spiro atoms. The van der Waals surface area contributed by atoms with E-state index in [1.165, 1.54) is 0 Å². The molecular formula is C18H14Cl2N2O3. The van der Waals surface area contributed by atoms with E-state index in [2.05, 4.69) is 9.97 Å². The molecule has 3 aromatic rings. The summed E-state index contributed by atoms with van der Waals surface area (Å²) in [4.78, 5) is 19.3. The van der Waals surface area contributed by atoms with Gasteiger partial charge in [-0.15, -0.1) is 0 Å². The summed E-state index contributed by atoms with van der Waals surface area (Å²) in [6.45, 7) is 0. The van der Waals surface area contributed by atoms with Gasteiger partial charge in [-0.05, 0) is 42.0 Å². The number of fused-ring (bicyclic) bond motifs is 1. The first kappa shape index (κ1) is 17.3. The Morgan fingerprint density at radius 1 is 1.12 bits per heavy atom. The van der Waals surface area contributed by atoms with Gasteiger partial charge in [0.1, 0.15) is 0 Å². The fourth-order valence-electron chi connectivity index (χ4n) is 2.38. The van der Waals surface area contributed by atoms with Crippen molar-refractivity contribution in [2.24, 2.45) is 0 Å². The maximum Gasteiger partial charge on any atom is 0.259 e. The van der Waals surface area contributed by atoms with Crippen LogP contribution in [0.15, 0.2) is 41.2 Å². The third-order valence-corrected chi connectivity index (χ3v) is 4.12. The summed E-state index contributed by atoms with van der Waals surface area (Å²) >= 11 is 12.3. The predicted octanol–water partition coefficient (Wildman–Crippen LogP) is 4.33. The van der Waals surface area contributed by atoms with Gasteiger partial charge in [0.15, 0.2) is 17.3 Å². The first-order valence-corrected chi connectivity index (χ1v) is 8.06. The van der Waals surface area contributed by atoms with E-state index in [0.717, 1.165) is 5.56 Å². The highest BCUT2D eigenvalue weighted by Crippen LogP contribution is 2.29. The van der Waals surface area contributed by atoms with Gasteiger partial charge in [-0.3, -0.25) is 4.79 Å². The van der Waals surface area contributed by atoms with Crippen LogP contribution in [0.4, 0.5) is 0 Å². The number of hydrogen-bond acceptors (Lipinski definition) is 4. The van der Waals surface area contributed by atoms with Gasteiger partial charge in [0.2, 0.25) is 0 Å². The molecule has 25 heavy (non-hydrogen) atoms.